The van der Waals surface area contributed by atoms with Crippen LogP contribution in [0.2, 0.25) is 0 Å². The molecule has 0 saturated heterocycles. The molecule has 0 atom stereocenters. The van der Waals surface area contributed by atoms with E-state index in [-0.39, 0.29) is 0 Å². The summed E-state index contributed by atoms with van der Waals surface area (Å²) in [7, 11) is 0. The summed E-state index contributed by atoms with van der Waals surface area (Å²) in [6.07, 6.45) is 0. The third-order valence-electron chi connectivity index (χ3n) is 3.91. The van der Waals surface area contributed by atoms with Crippen LogP contribution < -0.4 is 9.46 Å². The molecule has 0 aliphatic rings. The van der Waals surface area contributed by atoms with Gasteiger partial charge < -0.3 is 10.4 Å². The van der Waals surface area contributed by atoms with Gasteiger partial charge in [-0.1, -0.05) is 48.5 Å². The summed E-state index contributed by atoms with van der Waals surface area (Å²) >= 11 is 1.29. The molecule has 4 aromatic rings. The fourth-order valence-corrected chi connectivity index (χ4v) is 3.74. The predicted octanol–water partition coefficient (Wildman–Crippen LogP) is 3.92. The largest absolute Gasteiger partial charge is 0.617 e. The molecule has 4 nitrogen and oxygen atoms in total. The van der Waals surface area contributed by atoms with E-state index < -0.39 is 0 Å². The molecule has 4 rings (SSSR count). The van der Waals surface area contributed by atoms with Crippen molar-refractivity contribution in [2.24, 2.45) is 0 Å². The molecule has 0 amide bonds. The van der Waals surface area contributed by atoms with Crippen LogP contribution in [-0.2, 0) is 0 Å². The van der Waals surface area contributed by atoms with E-state index >= 15 is 0 Å². The van der Waals surface area contributed by atoms with Gasteiger partial charge in [0.1, 0.15) is 0 Å². The lowest BCUT2D eigenvalue weighted by Gasteiger charge is -2.12. The third kappa shape index (κ3) is 2.79. The van der Waals surface area contributed by atoms with Gasteiger partial charge in [0.15, 0.2) is 0 Å². The van der Waals surface area contributed by atoms with Gasteiger partial charge in [0, 0.05) is 17.0 Å². The Morgan fingerprint density at radius 2 is 1.12 bits per heavy atom. The van der Waals surface area contributed by atoms with Crippen molar-refractivity contribution in [3.63, 3.8) is 0 Å². The van der Waals surface area contributed by atoms with Gasteiger partial charge in [-0.2, -0.15) is 4.73 Å². The molecular formula is C20H14N2O2S. The number of rotatable bonds is 3. The number of fused-ring (bicyclic) bond motifs is 1. The lowest BCUT2D eigenvalue weighted by Crippen LogP contribution is -2.42. The van der Waals surface area contributed by atoms with Gasteiger partial charge in [0.25, 0.3) is 11.0 Å². The van der Waals surface area contributed by atoms with Crippen molar-refractivity contribution in [2.45, 2.75) is 9.92 Å². The van der Waals surface area contributed by atoms with Crippen LogP contribution in [0.15, 0.2) is 94.9 Å². The van der Waals surface area contributed by atoms with Crippen LogP contribution in [0.25, 0.3) is 22.3 Å². The number of para-hydroxylation sites is 2. The second-order valence-corrected chi connectivity index (χ2v) is 6.57. The molecule has 3 aromatic carbocycles. The average molecular weight is 346 g/mol. The fraction of sp³-hybridized carbons (Fsp3) is 0. The van der Waals surface area contributed by atoms with Crippen LogP contribution in [-0.4, -0.2) is 0 Å². The Bertz CT molecular complexity index is 1040. The maximum absolute atomic E-state index is 13.0. The van der Waals surface area contributed by atoms with Crippen LogP contribution in [0.5, 0.6) is 0 Å². The lowest BCUT2D eigenvalue weighted by atomic mass is 10.1. The van der Waals surface area contributed by atoms with E-state index in [1.54, 1.807) is 24.3 Å². The Labute approximate surface area is 149 Å². The first-order valence-corrected chi connectivity index (χ1v) is 8.63. The quantitative estimate of drug-likeness (QED) is 0.417. The van der Waals surface area contributed by atoms with E-state index in [4.69, 9.17) is 0 Å². The van der Waals surface area contributed by atoms with E-state index in [2.05, 4.69) is 0 Å². The van der Waals surface area contributed by atoms with Crippen LogP contribution in [0.4, 0.5) is 0 Å². The van der Waals surface area contributed by atoms with Gasteiger partial charge in [-0.15, -0.1) is 4.73 Å². The van der Waals surface area contributed by atoms with Crippen LogP contribution in [0.3, 0.4) is 0 Å². The second kappa shape index (κ2) is 6.45. The van der Waals surface area contributed by atoms with Crippen LogP contribution >= 0.6 is 11.8 Å². The molecule has 0 spiro atoms. The fourth-order valence-electron chi connectivity index (χ4n) is 2.75. The highest BCUT2D eigenvalue weighted by Gasteiger charge is 2.30. The molecule has 0 aliphatic carbocycles. The van der Waals surface area contributed by atoms with E-state index in [9.17, 15) is 10.4 Å². The Hall–Kier alpha value is -3.05. The molecule has 0 aliphatic heterocycles. The summed E-state index contributed by atoms with van der Waals surface area (Å²) < 4.78 is 1.70. The molecule has 0 saturated carbocycles. The molecule has 0 radical (unpaired) electrons. The Kier molecular flexibility index (Phi) is 3.99. The molecule has 5 heteroatoms. The highest BCUT2D eigenvalue weighted by atomic mass is 32.2. The maximum atomic E-state index is 13.0. The third-order valence-corrected chi connectivity index (χ3v) is 4.97. The van der Waals surface area contributed by atoms with Gasteiger partial charge in [-0.3, -0.25) is 0 Å². The maximum Gasteiger partial charge on any atom is 0.331 e. The smallest absolute Gasteiger partial charge is 0.331 e. The first-order chi connectivity index (χ1) is 12.3. The van der Waals surface area contributed by atoms with Crippen LogP contribution in [0, 0.1) is 10.4 Å². The monoisotopic (exact) mass is 346 g/mol. The average Bonchev–Trinajstić information content (AvgIpc) is 2.68. The summed E-state index contributed by atoms with van der Waals surface area (Å²) in [4.78, 5) is 0.902. The SMILES string of the molecule is [O-][n+]1c(Sc2ccccc2)c(-c2ccccc2)[n+]([O-])c2ccccc21. The van der Waals surface area contributed by atoms with E-state index in [1.165, 1.54) is 11.8 Å². The zero-order chi connectivity index (χ0) is 17.2. The van der Waals surface area contributed by atoms with Gasteiger partial charge in [-0.25, -0.2) is 0 Å². The minimum absolute atomic E-state index is 0.355. The van der Waals surface area contributed by atoms with Gasteiger partial charge in [-0.05, 0) is 36.0 Å². The molecule has 25 heavy (non-hydrogen) atoms. The van der Waals surface area contributed by atoms with Crippen molar-refractivity contribution in [3.05, 3.63) is 95.3 Å². The second-order valence-electron chi connectivity index (χ2n) is 5.51. The minimum Gasteiger partial charge on any atom is -0.617 e. The molecule has 0 unspecified atom stereocenters. The standard InChI is InChI=1S/C20H14N2O2S/c23-21-17-13-7-8-14-18(17)22(24)20(25-16-11-5-2-6-12-16)19(21)15-9-3-1-4-10-15/h1-14H. The zero-order valence-corrected chi connectivity index (χ0v) is 14.0. The van der Waals surface area contributed by atoms with Crippen molar-refractivity contribution in [1.29, 1.82) is 0 Å². The zero-order valence-electron chi connectivity index (χ0n) is 13.2. The molecule has 122 valence electrons. The van der Waals surface area contributed by atoms with Gasteiger partial charge in [0.05, 0.1) is 5.56 Å². The van der Waals surface area contributed by atoms with Crippen molar-refractivity contribution < 1.29 is 9.46 Å². The predicted molar refractivity (Wildman–Crippen MR) is 97.9 cm³/mol. The first kappa shape index (κ1) is 15.5. The summed E-state index contributed by atoms with van der Waals surface area (Å²) in [5.74, 6) is 0. The van der Waals surface area contributed by atoms with Crippen molar-refractivity contribution in [1.82, 2.24) is 0 Å². The Balaban J connectivity index is 2.03. The molecular weight excluding hydrogens is 332 g/mol. The molecule has 1 heterocycles. The molecule has 0 N–H and O–H groups in total. The number of hydrogen-bond donors (Lipinski definition) is 0. The minimum atomic E-state index is 0.355. The normalized spacial score (nSPS) is 10.9. The molecule has 0 bridgehead atoms. The Morgan fingerprint density at radius 3 is 1.76 bits per heavy atom. The van der Waals surface area contributed by atoms with Crippen molar-refractivity contribution in [3.8, 4) is 11.3 Å². The number of benzene rings is 3. The van der Waals surface area contributed by atoms with E-state index in [0.29, 0.717) is 27.3 Å². The highest BCUT2D eigenvalue weighted by molar-refractivity contribution is 7.99. The van der Waals surface area contributed by atoms with Crippen molar-refractivity contribution in [2.75, 3.05) is 0 Å². The van der Waals surface area contributed by atoms with E-state index in [1.807, 2.05) is 60.7 Å². The first-order valence-electron chi connectivity index (χ1n) is 7.82. The summed E-state index contributed by atoms with van der Waals surface area (Å²) in [5, 5.41) is 26.4. The molecule has 0 fully saturated rings. The topological polar surface area (TPSA) is 53.9 Å². The number of hydrogen-bond acceptors (Lipinski definition) is 3. The summed E-state index contributed by atoms with van der Waals surface area (Å²) in [6, 6.07) is 25.7. The summed E-state index contributed by atoms with van der Waals surface area (Å²) in [5.41, 5.74) is 1.79. The Morgan fingerprint density at radius 1 is 0.600 bits per heavy atom. The number of nitrogens with zero attached hydrogens (tertiary/aromatic N) is 2. The number of aromatic nitrogens is 2. The van der Waals surface area contributed by atoms with Crippen LogP contribution in [0.1, 0.15) is 0 Å². The summed E-state index contributed by atoms with van der Waals surface area (Å²) in [6.45, 7) is 0. The van der Waals surface area contributed by atoms with Gasteiger partial charge >= 0.3 is 10.7 Å². The van der Waals surface area contributed by atoms with E-state index in [0.717, 1.165) is 14.4 Å². The molecule has 1 aromatic heterocycles. The van der Waals surface area contributed by atoms with Crippen molar-refractivity contribution >= 4 is 22.8 Å². The van der Waals surface area contributed by atoms with Gasteiger partial charge in [0.2, 0.25) is 0 Å². The highest BCUT2D eigenvalue weighted by Crippen LogP contribution is 2.32. The lowest BCUT2D eigenvalue weighted by molar-refractivity contribution is -0.653.